The molecule has 6 heteroatoms. The van der Waals surface area contributed by atoms with Crippen LogP contribution in [-0.4, -0.2) is 54.3 Å². The molecule has 2 rings (SSSR count). The third kappa shape index (κ3) is 3.50. The van der Waals surface area contributed by atoms with Gasteiger partial charge in [0.2, 0.25) is 0 Å². The molecule has 0 aliphatic heterocycles. The molecular formula is C14H26N4O2. The number of hydrogen-bond donors (Lipinski definition) is 2. The van der Waals surface area contributed by atoms with Gasteiger partial charge in [0.05, 0.1) is 18.9 Å². The maximum Gasteiger partial charge on any atom is 0.131 e. The fourth-order valence-electron chi connectivity index (χ4n) is 2.60. The van der Waals surface area contributed by atoms with Crippen molar-refractivity contribution in [1.82, 2.24) is 15.1 Å². The highest BCUT2D eigenvalue weighted by molar-refractivity contribution is 5.52. The molecule has 1 aromatic heterocycles. The predicted molar refractivity (Wildman–Crippen MR) is 79.0 cm³/mol. The molecule has 114 valence electrons. The van der Waals surface area contributed by atoms with Crippen molar-refractivity contribution in [2.75, 3.05) is 38.3 Å². The number of rotatable bonds is 9. The van der Waals surface area contributed by atoms with Crippen LogP contribution in [0.5, 0.6) is 0 Å². The van der Waals surface area contributed by atoms with Crippen molar-refractivity contribution in [3.8, 4) is 0 Å². The van der Waals surface area contributed by atoms with Gasteiger partial charge in [0.1, 0.15) is 5.82 Å². The lowest BCUT2D eigenvalue weighted by molar-refractivity contribution is 0.199. The molecule has 1 aliphatic carbocycles. The number of methoxy groups -OCH3 is 1. The Morgan fingerprint density at radius 3 is 2.85 bits per heavy atom. The molecule has 1 fully saturated rings. The molecule has 0 amide bonds. The zero-order valence-corrected chi connectivity index (χ0v) is 12.7. The zero-order chi connectivity index (χ0) is 14.5. The first kappa shape index (κ1) is 15.3. The quantitative estimate of drug-likeness (QED) is 0.643. The molecule has 0 unspecified atom stereocenters. The second-order valence-electron chi connectivity index (χ2n) is 5.33. The second-order valence-corrected chi connectivity index (χ2v) is 5.33. The second kappa shape index (κ2) is 7.06. The van der Waals surface area contributed by atoms with Crippen LogP contribution >= 0.6 is 0 Å². The molecular weight excluding hydrogens is 256 g/mol. The number of aliphatic hydroxyl groups excluding tert-OH is 1. The Labute approximate surface area is 120 Å². The highest BCUT2D eigenvalue weighted by atomic mass is 16.5. The van der Waals surface area contributed by atoms with Crippen LogP contribution in [0.1, 0.15) is 24.1 Å². The Kier molecular flexibility index (Phi) is 5.39. The molecule has 1 saturated carbocycles. The summed E-state index contributed by atoms with van der Waals surface area (Å²) in [6.45, 7) is 5.21. The summed E-state index contributed by atoms with van der Waals surface area (Å²) in [4.78, 5) is 2.30. The normalized spacial score (nSPS) is 14.8. The summed E-state index contributed by atoms with van der Waals surface area (Å²) in [6, 6.07) is 0.565. The molecule has 0 saturated heterocycles. The number of anilines is 1. The Hall–Kier alpha value is -1.11. The molecule has 1 heterocycles. The van der Waals surface area contributed by atoms with Crippen LogP contribution in [0.2, 0.25) is 0 Å². The molecule has 2 N–H and O–H groups in total. The van der Waals surface area contributed by atoms with Crippen molar-refractivity contribution in [3.05, 3.63) is 11.3 Å². The van der Waals surface area contributed by atoms with Crippen molar-refractivity contribution in [3.63, 3.8) is 0 Å². The van der Waals surface area contributed by atoms with Gasteiger partial charge >= 0.3 is 0 Å². The van der Waals surface area contributed by atoms with E-state index in [9.17, 15) is 5.11 Å². The largest absolute Gasteiger partial charge is 0.395 e. The van der Waals surface area contributed by atoms with E-state index in [1.165, 1.54) is 18.4 Å². The maximum absolute atomic E-state index is 9.31. The average Bonchev–Trinajstić information content (AvgIpc) is 3.20. The summed E-state index contributed by atoms with van der Waals surface area (Å²) in [5.74, 6) is 1.14. The minimum atomic E-state index is 0.178. The predicted octanol–water partition coefficient (Wildman–Crippen LogP) is 0.426. The smallest absolute Gasteiger partial charge is 0.131 e. The van der Waals surface area contributed by atoms with Crippen LogP contribution in [0.15, 0.2) is 0 Å². The molecule has 1 aromatic rings. The van der Waals surface area contributed by atoms with Crippen LogP contribution in [0.4, 0.5) is 5.82 Å². The van der Waals surface area contributed by atoms with E-state index in [1.54, 1.807) is 7.11 Å². The minimum absolute atomic E-state index is 0.178. The minimum Gasteiger partial charge on any atom is -0.395 e. The first-order chi connectivity index (χ1) is 9.69. The summed E-state index contributed by atoms with van der Waals surface area (Å²) >= 11 is 0. The maximum atomic E-state index is 9.31. The molecule has 0 bridgehead atoms. The lowest BCUT2D eigenvalue weighted by Crippen LogP contribution is -2.32. The van der Waals surface area contributed by atoms with E-state index in [0.29, 0.717) is 19.2 Å². The van der Waals surface area contributed by atoms with Gasteiger partial charge in [-0.05, 0) is 19.8 Å². The van der Waals surface area contributed by atoms with E-state index in [-0.39, 0.29) is 6.61 Å². The molecule has 0 spiro atoms. The van der Waals surface area contributed by atoms with E-state index < -0.39 is 0 Å². The summed E-state index contributed by atoms with van der Waals surface area (Å²) < 4.78 is 6.99. The first-order valence-corrected chi connectivity index (χ1v) is 7.28. The highest BCUT2D eigenvalue weighted by Gasteiger charge is 2.32. The standard InChI is InChI=1S/C14H26N4O2/c1-11-13(10-15-6-9-20-3)14(17(2)16-11)18(7-8-19)12-4-5-12/h12,15,19H,4-10H2,1-3H3. The number of nitrogens with zero attached hydrogens (tertiary/aromatic N) is 3. The number of aryl methyl sites for hydroxylation is 2. The molecule has 20 heavy (non-hydrogen) atoms. The van der Waals surface area contributed by atoms with Gasteiger partial charge in [0.25, 0.3) is 0 Å². The lowest BCUT2D eigenvalue weighted by Gasteiger charge is -2.25. The Balaban J connectivity index is 2.13. The van der Waals surface area contributed by atoms with Crippen molar-refractivity contribution >= 4 is 5.82 Å². The third-order valence-electron chi connectivity index (χ3n) is 3.70. The summed E-state index contributed by atoms with van der Waals surface area (Å²) in [6.07, 6.45) is 2.42. The van der Waals surface area contributed by atoms with E-state index in [2.05, 4.69) is 15.3 Å². The van der Waals surface area contributed by atoms with Gasteiger partial charge < -0.3 is 20.1 Å². The van der Waals surface area contributed by atoms with Crippen molar-refractivity contribution in [2.24, 2.45) is 7.05 Å². The monoisotopic (exact) mass is 282 g/mol. The van der Waals surface area contributed by atoms with Crippen LogP contribution in [0, 0.1) is 6.92 Å². The van der Waals surface area contributed by atoms with Gasteiger partial charge in [-0.25, -0.2) is 0 Å². The van der Waals surface area contributed by atoms with Crippen molar-refractivity contribution in [1.29, 1.82) is 0 Å². The van der Waals surface area contributed by atoms with Gasteiger partial charge in [-0.15, -0.1) is 0 Å². The van der Waals surface area contributed by atoms with Crippen molar-refractivity contribution < 1.29 is 9.84 Å². The zero-order valence-electron chi connectivity index (χ0n) is 12.7. The fraction of sp³-hybridized carbons (Fsp3) is 0.786. The average molecular weight is 282 g/mol. The Morgan fingerprint density at radius 1 is 1.50 bits per heavy atom. The molecule has 0 atom stereocenters. The molecule has 1 aliphatic rings. The third-order valence-corrected chi connectivity index (χ3v) is 3.70. The van der Waals surface area contributed by atoms with E-state index >= 15 is 0 Å². The Bertz CT molecular complexity index is 429. The van der Waals surface area contributed by atoms with E-state index in [4.69, 9.17) is 4.74 Å². The van der Waals surface area contributed by atoms with E-state index in [0.717, 1.165) is 24.6 Å². The SMILES string of the molecule is COCCNCc1c(C)nn(C)c1N(CCO)C1CC1. The number of nitrogens with one attached hydrogen (secondary N) is 1. The number of aromatic nitrogens is 2. The van der Waals surface area contributed by atoms with Crippen LogP contribution in [-0.2, 0) is 18.3 Å². The van der Waals surface area contributed by atoms with Crippen LogP contribution < -0.4 is 10.2 Å². The van der Waals surface area contributed by atoms with Crippen LogP contribution in [0.3, 0.4) is 0 Å². The highest BCUT2D eigenvalue weighted by Crippen LogP contribution is 2.34. The summed E-state index contributed by atoms with van der Waals surface area (Å²) in [7, 11) is 3.69. The summed E-state index contributed by atoms with van der Waals surface area (Å²) in [5, 5.41) is 17.2. The van der Waals surface area contributed by atoms with Gasteiger partial charge in [-0.1, -0.05) is 0 Å². The molecule has 0 aromatic carbocycles. The molecule has 6 nitrogen and oxygen atoms in total. The fourth-order valence-corrected chi connectivity index (χ4v) is 2.60. The topological polar surface area (TPSA) is 62.5 Å². The van der Waals surface area contributed by atoms with Gasteiger partial charge in [-0.3, -0.25) is 4.68 Å². The van der Waals surface area contributed by atoms with Gasteiger partial charge in [-0.2, -0.15) is 5.10 Å². The van der Waals surface area contributed by atoms with Crippen LogP contribution in [0.25, 0.3) is 0 Å². The summed E-state index contributed by atoms with van der Waals surface area (Å²) in [5.41, 5.74) is 2.28. The van der Waals surface area contributed by atoms with Gasteiger partial charge in [0.15, 0.2) is 0 Å². The lowest BCUT2D eigenvalue weighted by atomic mass is 10.2. The van der Waals surface area contributed by atoms with E-state index in [1.807, 2.05) is 18.7 Å². The molecule has 0 radical (unpaired) electrons. The van der Waals surface area contributed by atoms with Crippen molar-refractivity contribution in [2.45, 2.75) is 32.4 Å². The Morgan fingerprint density at radius 2 is 2.25 bits per heavy atom. The first-order valence-electron chi connectivity index (χ1n) is 7.28. The number of aliphatic hydroxyl groups is 1. The number of ether oxygens (including phenoxy) is 1. The number of hydrogen-bond acceptors (Lipinski definition) is 5. The van der Waals surface area contributed by atoms with Gasteiger partial charge in [0, 0.05) is 45.4 Å².